The van der Waals surface area contributed by atoms with Gasteiger partial charge in [-0.15, -0.1) is 0 Å². The Hall–Kier alpha value is 0.530. The first-order chi connectivity index (χ1) is 3.42. The van der Waals surface area contributed by atoms with Crippen molar-refractivity contribution in [3.63, 3.8) is 0 Å². The molecule has 0 aliphatic carbocycles. The van der Waals surface area contributed by atoms with Crippen LogP contribution in [0, 0.1) is 0 Å². The SMILES string of the molecule is C.CC(C)OP(O)(O)=S. The average molecular weight is 172 g/mol. The third-order valence-electron chi connectivity index (χ3n) is 0.348. The summed E-state index contributed by atoms with van der Waals surface area (Å²) in [6.45, 7) is -0.0125. The number of hydrogen-bond acceptors (Lipinski definition) is 2. The van der Waals surface area contributed by atoms with Gasteiger partial charge in [-0.05, 0) is 25.7 Å². The molecule has 2 N–H and O–H groups in total. The summed E-state index contributed by atoms with van der Waals surface area (Å²) in [6, 6.07) is 0. The zero-order chi connectivity index (χ0) is 6.78. The molecular formula is C4H13O3PS. The minimum absolute atomic E-state index is 0. The summed E-state index contributed by atoms with van der Waals surface area (Å²) in [5, 5.41) is 0. The van der Waals surface area contributed by atoms with Crippen LogP contribution in [0.15, 0.2) is 0 Å². The number of hydrogen-bond donors (Lipinski definition) is 2. The molecule has 0 rings (SSSR count). The van der Waals surface area contributed by atoms with E-state index >= 15 is 0 Å². The summed E-state index contributed by atoms with van der Waals surface area (Å²) in [4.78, 5) is 16.9. The molecule has 0 atom stereocenters. The molecule has 0 heterocycles. The van der Waals surface area contributed by atoms with Crippen LogP contribution in [0.5, 0.6) is 0 Å². The van der Waals surface area contributed by atoms with E-state index in [1.54, 1.807) is 13.8 Å². The van der Waals surface area contributed by atoms with Gasteiger partial charge in [0.15, 0.2) is 0 Å². The zero-order valence-electron chi connectivity index (χ0n) is 4.74. The largest absolute Gasteiger partial charge is 0.325 e. The van der Waals surface area contributed by atoms with Crippen molar-refractivity contribution < 1.29 is 14.3 Å². The van der Waals surface area contributed by atoms with Gasteiger partial charge in [0.1, 0.15) is 0 Å². The van der Waals surface area contributed by atoms with E-state index in [1.165, 1.54) is 0 Å². The molecule has 9 heavy (non-hydrogen) atoms. The lowest BCUT2D eigenvalue weighted by Gasteiger charge is -2.10. The molecule has 0 aliphatic rings. The molecule has 0 aromatic carbocycles. The maximum atomic E-state index is 8.45. The third kappa shape index (κ3) is 11.9. The Balaban J connectivity index is 0. The highest BCUT2D eigenvalue weighted by molar-refractivity contribution is 8.06. The quantitative estimate of drug-likeness (QED) is 0.615. The van der Waals surface area contributed by atoms with Crippen LogP contribution in [-0.2, 0) is 16.3 Å². The van der Waals surface area contributed by atoms with Crippen LogP contribution in [-0.4, -0.2) is 15.9 Å². The summed E-state index contributed by atoms with van der Waals surface area (Å²) < 4.78 is 4.47. The fourth-order valence-corrected chi connectivity index (χ4v) is 1.34. The van der Waals surface area contributed by atoms with Crippen LogP contribution in [0.1, 0.15) is 21.3 Å². The lowest BCUT2D eigenvalue weighted by Crippen LogP contribution is -1.98. The minimum atomic E-state index is -3.39. The maximum absolute atomic E-state index is 8.45. The Morgan fingerprint density at radius 1 is 1.44 bits per heavy atom. The topological polar surface area (TPSA) is 49.7 Å². The van der Waals surface area contributed by atoms with Gasteiger partial charge in [0.2, 0.25) is 0 Å². The first-order valence-corrected chi connectivity index (χ1v) is 4.78. The van der Waals surface area contributed by atoms with Gasteiger partial charge in [-0.1, -0.05) is 7.43 Å². The van der Waals surface area contributed by atoms with Gasteiger partial charge in [-0.3, -0.25) is 0 Å². The molecule has 3 nitrogen and oxygen atoms in total. The van der Waals surface area contributed by atoms with Gasteiger partial charge in [0.25, 0.3) is 0 Å². The van der Waals surface area contributed by atoms with Crippen LogP contribution < -0.4 is 0 Å². The minimum Gasteiger partial charge on any atom is -0.325 e. The molecule has 0 spiro atoms. The Bertz CT molecular complexity index is 108. The highest BCUT2D eigenvalue weighted by Crippen LogP contribution is 2.37. The summed E-state index contributed by atoms with van der Waals surface area (Å²) in [6.07, 6.45) is -0.212. The Labute approximate surface area is 60.9 Å². The summed E-state index contributed by atoms with van der Waals surface area (Å²) in [5.74, 6) is 0. The second kappa shape index (κ2) is 4.36. The van der Waals surface area contributed by atoms with Gasteiger partial charge in [0.05, 0.1) is 6.10 Å². The average Bonchev–Trinajstić information content (AvgIpc) is 1.21. The molecule has 58 valence electrons. The van der Waals surface area contributed by atoms with Crippen LogP contribution >= 0.6 is 6.72 Å². The monoisotopic (exact) mass is 172 g/mol. The van der Waals surface area contributed by atoms with Crippen LogP contribution in [0.2, 0.25) is 0 Å². The molecule has 5 heteroatoms. The standard InChI is InChI=1S/C3H9O3PS.CH4/c1-3(2)6-7(4,5)8;/h3H,1-2H3,(H2,4,5,8);1H4. The van der Waals surface area contributed by atoms with Crippen molar-refractivity contribution in [3.05, 3.63) is 0 Å². The maximum Gasteiger partial charge on any atom is 0.322 e. The lowest BCUT2D eigenvalue weighted by molar-refractivity contribution is 0.198. The van der Waals surface area contributed by atoms with Gasteiger partial charge in [0, 0.05) is 0 Å². The highest BCUT2D eigenvalue weighted by Gasteiger charge is 2.08. The van der Waals surface area contributed by atoms with E-state index in [2.05, 4.69) is 16.3 Å². The molecule has 0 radical (unpaired) electrons. The fourth-order valence-electron chi connectivity index (χ4n) is 0.275. The molecular weight excluding hydrogens is 159 g/mol. The Kier molecular flexibility index (Phi) is 5.93. The molecule has 0 aromatic rings. The molecule has 0 saturated heterocycles. The summed E-state index contributed by atoms with van der Waals surface area (Å²) in [7, 11) is 0. The predicted octanol–water partition coefficient (Wildman–Crippen LogP) is 1.26. The predicted molar refractivity (Wildman–Crippen MR) is 41.7 cm³/mol. The number of rotatable bonds is 2. The second-order valence-electron chi connectivity index (χ2n) is 1.64. The van der Waals surface area contributed by atoms with Crippen molar-refractivity contribution in [3.8, 4) is 0 Å². The first-order valence-electron chi connectivity index (χ1n) is 2.16. The van der Waals surface area contributed by atoms with Gasteiger partial charge < -0.3 is 14.3 Å². The normalized spacial score (nSPS) is 11.2. The van der Waals surface area contributed by atoms with E-state index in [1.807, 2.05) is 0 Å². The van der Waals surface area contributed by atoms with Crippen molar-refractivity contribution in [2.45, 2.75) is 27.4 Å². The molecule has 0 amide bonds. The van der Waals surface area contributed by atoms with E-state index in [-0.39, 0.29) is 13.5 Å². The zero-order valence-corrected chi connectivity index (χ0v) is 6.45. The Morgan fingerprint density at radius 2 is 1.78 bits per heavy atom. The smallest absolute Gasteiger partial charge is 0.322 e. The Morgan fingerprint density at radius 3 is 1.78 bits per heavy atom. The molecule has 0 saturated carbocycles. The van der Waals surface area contributed by atoms with E-state index in [0.717, 1.165) is 0 Å². The van der Waals surface area contributed by atoms with Crippen LogP contribution in [0.25, 0.3) is 0 Å². The molecule has 0 bridgehead atoms. The van der Waals surface area contributed by atoms with Gasteiger partial charge in [-0.2, -0.15) is 0 Å². The highest BCUT2D eigenvalue weighted by atomic mass is 32.5. The van der Waals surface area contributed by atoms with Crippen molar-refractivity contribution in [1.29, 1.82) is 0 Å². The van der Waals surface area contributed by atoms with E-state index in [9.17, 15) is 0 Å². The molecule has 0 unspecified atom stereocenters. The second-order valence-corrected chi connectivity index (χ2v) is 4.26. The van der Waals surface area contributed by atoms with Crippen LogP contribution in [0.4, 0.5) is 0 Å². The van der Waals surface area contributed by atoms with E-state index < -0.39 is 6.72 Å². The molecule has 0 aromatic heterocycles. The molecule has 0 fully saturated rings. The van der Waals surface area contributed by atoms with Crippen molar-refractivity contribution >= 4 is 18.5 Å². The lowest BCUT2D eigenvalue weighted by atomic mass is 10.5. The van der Waals surface area contributed by atoms with E-state index in [0.29, 0.717) is 0 Å². The van der Waals surface area contributed by atoms with Crippen molar-refractivity contribution in [1.82, 2.24) is 0 Å². The molecule has 0 aliphatic heterocycles. The van der Waals surface area contributed by atoms with E-state index in [4.69, 9.17) is 9.79 Å². The fraction of sp³-hybridized carbons (Fsp3) is 1.00. The summed E-state index contributed by atoms with van der Waals surface area (Å²) in [5.41, 5.74) is 0. The van der Waals surface area contributed by atoms with Gasteiger partial charge in [-0.25, -0.2) is 0 Å². The van der Waals surface area contributed by atoms with Crippen molar-refractivity contribution in [2.24, 2.45) is 0 Å². The van der Waals surface area contributed by atoms with Crippen LogP contribution in [0.3, 0.4) is 0 Å². The first kappa shape index (κ1) is 12.2. The third-order valence-corrected chi connectivity index (χ3v) is 1.30. The summed E-state index contributed by atoms with van der Waals surface area (Å²) >= 11 is 4.16. The van der Waals surface area contributed by atoms with Crippen molar-refractivity contribution in [2.75, 3.05) is 0 Å². The van der Waals surface area contributed by atoms with Gasteiger partial charge >= 0.3 is 6.72 Å².